The van der Waals surface area contributed by atoms with Gasteiger partial charge in [-0.1, -0.05) is 44.4 Å². The van der Waals surface area contributed by atoms with Crippen LogP contribution in [0.2, 0.25) is 0 Å². The number of cyclic esters (lactones) is 1. The number of hydrogen-bond acceptors (Lipinski definition) is 3. The molecular formula is C17H23NO3. The zero-order chi connectivity index (χ0) is 15.2. The molecule has 1 aliphatic heterocycles. The molecule has 1 atom stereocenters. The first kappa shape index (κ1) is 15.5. The lowest BCUT2D eigenvalue weighted by Crippen LogP contribution is -2.22. The summed E-state index contributed by atoms with van der Waals surface area (Å²) in [6.07, 6.45) is 4.69. The van der Waals surface area contributed by atoms with Gasteiger partial charge in [0, 0.05) is 19.0 Å². The van der Waals surface area contributed by atoms with E-state index < -0.39 is 0 Å². The minimum Gasteiger partial charge on any atom is -0.447 e. The molecule has 1 amide bonds. The largest absolute Gasteiger partial charge is 0.447 e. The van der Waals surface area contributed by atoms with Crippen LogP contribution in [0.3, 0.4) is 0 Å². The van der Waals surface area contributed by atoms with Crippen LogP contribution in [0.25, 0.3) is 0 Å². The minimum absolute atomic E-state index is 0.0923. The molecule has 0 bridgehead atoms. The van der Waals surface area contributed by atoms with Crippen LogP contribution in [-0.4, -0.2) is 30.4 Å². The van der Waals surface area contributed by atoms with Crippen LogP contribution >= 0.6 is 0 Å². The number of hydrogen-bond donors (Lipinski definition) is 0. The van der Waals surface area contributed by atoms with Crippen LogP contribution in [0.15, 0.2) is 24.3 Å². The first-order valence-corrected chi connectivity index (χ1v) is 7.66. The smallest absolute Gasteiger partial charge is 0.410 e. The van der Waals surface area contributed by atoms with Crippen molar-refractivity contribution in [2.45, 2.75) is 45.1 Å². The van der Waals surface area contributed by atoms with E-state index in [2.05, 4.69) is 6.92 Å². The summed E-state index contributed by atoms with van der Waals surface area (Å²) in [6.45, 7) is 2.51. The second-order valence-corrected chi connectivity index (χ2v) is 5.56. The number of benzene rings is 1. The van der Waals surface area contributed by atoms with Gasteiger partial charge in [0.05, 0.1) is 6.04 Å². The van der Waals surface area contributed by atoms with Crippen molar-refractivity contribution in [3.8, 4) is 0 Å². The topological polar surface area (TPSA) is 46.6 Å². The Morgan fingerprint density at radius 1 is 1.33 bits per heavy atom. The Morgan fingerprint density at radius 2 is 2.14 bits per heavy atom. The van der Waals surface area contributed by atoms with Crippen molar-refractivity contribution in [3.63, 3.8) is 0 Å². The van der Waals surface area contributed by atoms with E-state index in [0.29, 0.717) is 13.0 Å². The van der Waals surface area contributed by atoms with E-state index in [1.54, 1.807) is 11.9 Å². The van der Waals surface area contributed by atoms with Crippen LogP contribution in [0.4, 0.5) is 4.79 Å². The third kappa shape index (κ3) is 3.84. The zero-order valence-electron chi connectivity index (χ0n) is 12.8. The molecule has 0 unspecified atom stereocenters. The molecule has 2 rings (SSSR count). The highest BCUT2D eigenvalue weighted by Crippen LogP contribution is 2.26. The number of ether oxygens (including phenoxy) is 1. The predicted octanol–water partition coefficient (Wildman–Crippen LogP) is 3.96. The molecule has 4 heteroatoms. The van der Waals surface area contributed by atoms with Gasteiger partial charge in [0.1, 0.15) is 6.61 Å². The first-order chi connectivity index (χ1) is 10.1. The highest BCUT2D eigenvalue weighted by molar-refractivity contribution is 5.96. The standard InChI is InChI=1S/C17H23NO3/c1-3-4-5-6-10-16(19)14-9-7-8-13(11-14)15-12-21-17(20)18(15)2/h7-9,11,15H,3-6,10,12H2,1-2H3/t15-/m1/s1. The molecule has 114 valence electrons. The van der Waals surface area contributed by atoms with E-state index in [9.17, 15) is 9.59 Å². The molecule has 4 nitrogen and oxygen atoms in total. The Balaban J connectivity index is 2.00. The van der Waals surface area contributed by atoms with E-state index in [0.717, 1.165) is 24.0 Å². The highest BCUT2D eigenvalue weighted by atomic mass is 16.6. The number of ketones is 1. The molecule has 0 aliphatic carbocycles. The summed E-state index contributed by atoms with van der Waals surface area (Å²) in [5, 5.41) is 0. The lowest BCUT2D eigenvalue weighted by atomic mass is 9.99. The van der Waals surface area contributed by atoms with Crippen LogP contribution in [-0.2, 0) is 4.74 Å². The van der Waals surface area contributed by atoms with Crippen LogP contribution in [0, 0.1) is 0 Å². The van der Waals surface area contributed by atoms with Gasteiger partial charge in [-0.25, -0.2) is 4.79 Å². The molecule has 1 heterocycles. The molecule has 0 aromatic heterocycles. The van der Waals surface area contributed by atoms with Gasteiger partial charge < -0.3 is 9.64 Å². The summed E-state index contributed by atoms with van der Waals surface area (Å²) in [6, 6.07) is 7.47. The van der Waals surface area contributed by atoms with Crippen molar-refractivity contribution in [1.29, 1.82) is 0 Å². The van der Waals surface area contributed by atoms with E-state index in [-0.39, 0.29) is 17.9 Å². The molecule has 0 N–H and O–H groups in total. The number of rotatable bonds is 7. The number of nitrogens with zero attached hydrogens (tertiary/aromatic N) is 1. The third-order valence-electron chi connectivity index (χ3n) is 3.97. The van der Waals surface area contributed by atoms with Crippen LogP contribution in [0.5, 0.6) is 0 Å². The van der Waals surface area contributed by atoms with Crippen LogP contribution in [0.1, 0.15) is 61.0 Å². The normalized spacial score (nSPS) is 17.9. The fraction of sp³-hybridized carbons (Fsp3) is 0.529. The lowest BCUT2D eigenvalue weighted by Gasteiger charge is -2.16. The van der Waals surface area contributed by atoms with Crippen molar-refractivity contribution in [3.05, 3.63) is 35.4 Å². The van der Waals surface area contributed by atoms with Crippen molar-refractivity contribution < 1.29 is 14.3 Å². The molecule has 1 aromatic carbocycles. The van der Waals surface area contributed by atoms with Gasteiger partial charge >= 0.3 is 6.09 Å². The van der Waals surface area contributed by atoms with Gasteiger partial charge in [-0.15, -0.1) is 0 Å². The van der Waals surface area contributed by atoms with E-state index >= 15 is 0 Å². The second kappa shape index (κ2) is 7.25. The number of unbranched alkanes of at least 4 members (excludes halogenated alkanes) is 3. The fourth-order valence-electron chi connectivity index (χ4n) is 2.59. The van der Waals surface area contributed by atoms with Gasteiger partial charge in [0.15, 0.2) is 5.78 Å². The second-order valence-electron chi connectivity index (χ2n) is 5.56. The highest BCUT2D eigenvalue weighted by Gasteiger charge is 2.30. The Hall–Kier alpha value is -1.84. The number of likely N-dealkylation sites (N-methyl/N-ethyl adjacent to an activating group) is 1. The summed E-state index contributed by atoms with van der Waals surface area (Å²) >= 11 is 0. The van der Waals surface area contributed by atoms with Gasteiger partial charge in [0.25, 0.3) is 0 Å². The average molecular weight is 289 g/mol. The average Bonchev–Trinajstić information content (AvgIpc) is 2.83. The number of carbonyl (C=O) groups is 2. The quantitative estimate of drug-likeness (QED) is 0.564. The van der Waals surface area contributed by atoms with Crippen molar-refractivity contribution in [2.75, 3.05) is 13.7 Å². The summed E-state index contributed by atoms with van der Waals surface area (Å²) < 4.78 is 5.03. The molecule has 1 saturated heterocycles. The number of amides is 1. The Morgan fingerprint density at radius 3 is 2.81 bits per heavy atom. The monoisotopic (exact) mass is 289 g/mol. The maximum absolute atomic E-state index is 12.2. The summed E-state index contributed by atoms with van der Waals surface area (Å²) in [4.78, 5) is 25.2. The van der Waals surface area contributed by atoms with Crippen LogP contribution < -0.4 is 0 Å². The van der Waals surface area contributed by atoms with E-state index in [4.69, 9.17) is 4.74 Å². The summed E-state index contributed by atoms with van der Waals surface area (Å²) in [5.41, 5.74) is 1.69. The number of carbonyl (C=O) groups excluding carboxylic acids is 2. The zero-order valence-corrected chi connectivity index (χ0v) is 12.8. The fourth-order valence-corrected chi connectivity index (χ4v) is 2.59. The molecular weight excluding hydrogens is 266 g/mol. The first-order valence-electron chi connectivity index (χ1n) is 7.66. The van der Waals surface area contributed by atoms with Gasteiger partial charge in [0.2, 0.25) is 0 Å². The number of Topliss-reactive ketones (excluding diaryl/α,β-unsaturated/α-hetero) is 1. The van der Waals surface area contributed by atoms with Crippen molar-refractivity contribution >= 4 is 11.9 Å². The molecule has 0 saturated carbocycles. The molecule has 0 radical (unpaired) electrons. The SMILES string of the molecule is CCCCCCC(=O)c1cccc([C@H]2COC(=O)N2C)c1. The molecule has 1 aromatic rings. The third-order valence-corrected chi connectivity index (χ3v) is 3.97. The Bertz CT molecular complexity index is 513. The van der Waals surface area contributed by atoms with Crippen molar-refractivity contribution in [1.82, 2.24) is 4.90 Å². The predicted molar refractivity (Wildman–Crippen MR) is 81.4 cm³/mol. The molecule has 1 aliphatic rings. The van der Waals surface area contributed by atoms with Gasteiger partial charge in [-0.2, -0.15) is 0 Å². The Labute approximate surface area is 126 Å². The summed E-state index contributed by atoms with van der Waals surface area (Å²) in [5.74, 6) is 0.181. The lowest BCUT2D eigenvalue weighted by molar-refractivity contribution is 0.0979. The Kier molecular flexibility index (Phi) is 5.37. The van der Waals surface area contributed by atoms with Gasteiger partial charge in [-0.05, 0) is 18.1 Å². The maximum Gasteiger partial charge on any atom is 0.410 e. The van der Waals surface area contributed by atoms with Crippen molar-refractivity contribution in [2.24, 2.45) is 0 Å². The minimum atomic E-state index is -0.309. The molecule has 21 heavy (non-hydrogen) atoms. The van der Waals surface area contributed by atoms with Gasteiger partial charge in [-0.3, -0.25) is 4.79 Å². The van der Waals surface area contributed by atoms with E-state index in [1.165, 1.54) is 12.8 Å². The van der Waals surface area contributed by atoms with E-state index in [1.807, 2.05) is 24.3 Å². The maximum atomic E-state index is 12.2. The summed E-state index contributed by atoms with van der Waals surface area (Å²) in [7, 11) is 1.72. The molecule has 1 fully saturated rings. The molecule has 0 spiro atoms.